The van der Waals surface area contributed by atoms with E-state index in [4.69, 9.17) is 23.2 Å². The Morgan fingerprint density at radius 1 is 1.10 bits per heavy atom. The van der Waals surface area contributed by atoms with Gasteiger partial charge in [0.25, 0.3) is 5.91 Å². The molecule has 0 fully saturated rings. The number of halogens is 3. The Morgan fingerprint density at radius 2 is 1.70 bits per heavy atom. The molecule has 2 aromatic carbocycles. The summed E-state index contributed by atoms with van der Waals surface area (Å²) in [6.07, 6.45) is 2.65. The van der Waals surface area contributed by atoms with E-state index in [0.29, 0.717) is 15.7 Å². The van der Waals surface area contributed by atoms with Crippen LogP contribution < -0.4 is 4.90 Å². The van der Waals surface area contributed by atoms with Crippen LogP contribution in [0, 0.1) is 0 Å². The predicted molar refractivity (Wildman–Crippen MR) is 120 cm³/mol. The molecule has 1 aliphatic rings. The van der Waals surface area contributed by atoms with Crippen LogP contribution in [0.5, 0.6) is 0 Å². The van der Waals surface area contributed by atoms with Gasteiger partial charge in [-0.3, -0.25) is 9.36 Å². The molecule has 0 spiro atoms. The molecule has 0 saturated heterocycles. The maximum atomic E-state index is 13.7. The van der Waals surface area contributed by atoms with Crippen molar-refractivity contribution in [1.29, 1.82) is 0 Å². The fourth-order valence-corrected chi connectivity index (χ4v) is 5.33. The number of fused-ring (bicyclic) bond motifs is 1. The Morgan fingerprint density at radius 3 is 2.27 bits per heavy atom. The van der Waals surface area contributed by atoms with Crippen molar-refractivity contribution in [2.75, 3.05) is 11.2 Å². The summed E-state index contributed by atoms with van der Waals surface area (Å²) in [4.78, 5) is 19.3. The number of carbonyl (C=O) groups is 1. The minimum atomic E-state index is -3.64. The third-order valence-corrected chi connectivity index (χ3v) is 7.03. The number of rotatable bonds is 4. The number of hydrogen-bond donors (Lipinski definition) is 0. The van der Waals surface area contributed by atoms with Gasteiger partial charge in [0.1, 0.15) is 5.54 Å². The average molecular weight is 529 g/mol. The highest BCUT2D eigenvalue weighted by Crippen LogP contribution is 2.44. The predicted octanol–water partition coefficient (Wildman–Crippen LogP) is 4.99. The normalized spacial score (nSPS) is 18.7. The van der Waals surface area contributed by atoms with Gasteiger partial charge in [0, 0.05) is 27.2 Å². The summed E-state index contributed by atoms with van der Waals surface area (Å²) in [5, 5.41) is 0.683. The summed E-state index contributed by atoms with van der Waals surface area (Å²) in [6.45, 7) is 1.71. The van der Waals surface area contributed by atoms with Crippen LogP contribution >= 0.6 is 39.1 Å². The molecule has 4 rings (SSSR count). The van der Waals surface area contributed by atoms with E-state index in [1.165, 1.54) is 15.7 Å². The van der Waals surface area contributed by atoms with E-state index in [1.807, 2.05) is 24.3 Å². The highest BCUT2D eigenvalue weighted by molar-refractivity contribution is 9.10. The van der Waals surface area contributed by atoms with Crippen molar-refractivity contribution in [2.45, 2.75) is 23.9 Å². The molecule has 0 saturated carbocycles. The minimum Gasteiger partial charge on any atom is -0.285 e. The van der Waals surface area contributed by atoms with Gasteiger partial charge < -0.3 is 0 Å². The van der Waals surface area contributed by atoms with Gasteiger partial charge in [-0.05, 0) is 42.8 Å². The Balaban J connectivity index is 1.93. The molecular formula is C20H16BrCl2N3O3S. The Bertz CT molecular complexity index is 1250. The van der Waals surface area contributed by atoms with Crippen molar-refractivity contribution in [3.63, 3.8) is 0 Å². The van der Waals surface area contributed by atoms with Crippen LogP contribution in [0.25, 0.3) is 0 Å². The van der Waals surface area contributed by atoms with E-state index in [1.54, 1.807) is 25.1 Å². The maximum absolute atomic E-state index is 13.7. The van der Waals surface area contributed by atoms with Crippen molar-refractivity contribution in [2.24, 2.45) is 0 Å². The van der Waals surface area contributed by atoms with Crippen LogP contribution in [-0.4, -0.2) is 30.1 Å². The standard InChI is InChI=1S/C20H16BrCl2N3O3S/c1-20(10-12-3-5-13(21)6-4-12)18(27)25(16-8-14(22)7-15(23)9-16)19-24-11-17(26(19)20)30(2,28)29/h3-9,11H,10H2,1-2H3. The lowest BCUT2D eigenvalue weighted by Gasteiger charge is -2.26. The summed E-state index contributed by atoms with van der Waals surface area (Å²) in [7, 11) is -3.64. The lowest BCUT2D eigenvalue weighted by atomic mass is 9.92. The summed E-state index contributed by atoms with van der Waals surface area (Å²) in [6, 6.07) is 12.3. The van der Waals surface area contributed by atoms with Crippen molar-refractivity contribution >= 4 is 66.5 Å². The lowest BCUT2D eigenvalue weighted by molar-refractivity contribution is -0.124. The van der Waals surface area contributed by atoms with Crippen LogP contribution in [0.1, 0.15) is 12.5 Å². The first-order valence-electron chi connectivity index (χ1n) is 8.84. The third kappa shape index (κ3) is 3.56. The Labute approximate surface area is 192 Å². The molecule has 10 heteroatoms. The number of aromatic nitrogens is 2. The molecule has 156 valence electrons. The van der Waals surface area contributed by atoms with Gasteiger partial charge in [0.15, 0.2) is 14.9 Å². The van der Waals surface area contributed by atoms with Crippen molar-refractivity contribution in [1.82, 2.24) is 9.55 Å². The number of benzene rings is 2. The van der Waals surface area contributed by atoms with Crippen LogP contribution in [0.3, 0.4) is 0 Å². The Hall–Kier alpha value is -1.87. The largest absolute Gasteiger partial charge is 0.285 e. The molecule has 1 amide bonds. The van der Waals surface area contributed by atoms with Crippen LogP contribution in [0.15, 0.2) is 58.2 Å². The molecule has 1 aromatic heterocycles. The zero-order chi connectivity index (χ0) is 21.8. The maximum Gasteiger partial charge on any atom is 0.260 e. The number of sulfone groups is 1. The number of nitrogens with zero attached hydrogens (tertiary/aromatic N) is 3. The highest BCUT2D eigenvalue weighted by Gasteiger charge is 2.51. The molecule has 0 bridgehead atoms. The van der Waals surface area contributed by atoms with E-state index in [9.17, 15) is 13.2 Å². The number of hydrogen-bond acceptors (Lipinski definition) is 4. The molecule has 1 unspecified atom stereocenters. The van der Waals surface area contributed by atoms with E-state index >= 15 is 0 Å². The molecule has 0 radical (unpaired) electrons. The highest BCUT2D eigenvalue weighted by atomic mass is 79.9. The van der Waals surface area contributed by atoms with Gasteiger partial charge in [-0.25, -0.2) is 18.3 Å². The zero-order valence-corrected chi connectivity index (χ0v) is 19.8. The molecule has 1 atom stereocenters. The van der Waals surface area contributed by atoms with Crippen molar-refractivity contribution in [3.05, 3.63) is 68.7 Å². The number of amides is 1. The summed E-state index contributed by atoms with van der Waals surface area (Å²) in [5.41, 5.74) is 0.0791. The van der Waals surface area contributed by atoms with Crippen LogP contribution in [0.4, 0.5) is 11.6 Å². The van der Waals surface area contributed by atoms with E-state index in [0.717, 1.165) is 16.3 Å². The van der Waals surface area contributed by atoms with Gasteiger partial charge in [-0.2, -0.15) is 0 Å². The van der Waals surface area contributed by atoms with Crippen LogP contribution in [0.2, 0.25) is 10.0 Å². The number of imidazole rings is 1. The van der Waals surface area contributed by atoms with Crippen LogP contribution in [-0.2, 0) is 26.6 Å². The quantitative estimate of drug-likeness (QED) is 0.478. The topological polar surface area (TPSA) is 72.3 Å². The minimum absolute atomic E-state index is 0.0268. The second-order valence-electron chi connectivity index (χ2n) is 7.35. The first kappa shape index (κ1) is 21.4. The Kier molecular flexibility index (Phi) is 5.25. The van der Waals surface area contributed by atoms with Gasteiger partial charge in [-0.1, -0.05) is 51.3 Å². The molecule has 3 aromatic rings. The smallest absolute Gasteiger partial charge is 0.260 e. The number of carbonyl (C=O) groups excluding carboxylic acids is 1. The van der Waals surface area contributed by atoms with Gasteiger partial charge in [0.2, 0.25) is 5.95 Å². The van der Waals surface area contributed by atoms with Gasteiger partial charge in [0.05, 0.1) is 11.9 Å². The molecule has 0 aliphatic carbocycles. The number of anilines is 2. The molecule has 6 nitrogen and oxygen atoms in total. The molecular weight excluding hydrogens is 513 g/mol. The SMILES string of the molecule is CC1(Cc2ccc(Br)cc2)C(=O)N(c2cc(Cl)cc(Cl)c2)c2ncc(S(C)(=O)=O)n21. The van der Waals surface area contributed by atoms with Crippen molar-refractivity contribution in [3.8, 4) is 0 Å². The monoisotopic (exact) mass is 527 g/mol. The zero-order valence-electron chi connectivity index (χ0n) is 15.9. The molecule has 30 heavy (non-hydrogen) atoms. The molecule has 2 heterocycles. The van der Waals surface area contributed by atoms with E-state index in [-0.39, 0.29) is 23.3 Å². The molecule has 0 N–H and O–H groups in total. The summed E-state index contributed by atoms with van der Waals surface area (Å²) < 4.78 is 27.3. The fraction of sp³-hybridized carbons (Fsp3) is 0.200. The van der Waals surface area contributed by atoms with E-state index in [2.05, 4.69) is 20.9 Å². The third-order valence-electron chi connectivity index (χ3n) is 5.02. The lowest BCUT2D eigenvalue weighted by Crippen LogP contribution is -2.41. The van der Waals surface area contributed by atoms with Crippen molar-refractivity contribution < 1.29 is 13.2 Å². The fourth-order valence-electron chi connectivity index (χ4n) is 3.69. The van der Waals surface area contributed by atoms with E-state index < -0.39 is 15.4 Å². The summed E-state index contributed by atoms with van der Waals surface area (Å²) >= 11 is 15.7. The second-order valence-corrected chi connectivity index (χ2v) is 11.1. The average Bonchev–Trinajstić information content (AvgIpc) is 3.16. The second kappa shape index (κ2) is 7.37. The molecule has 1 aliphatic heterocycles. The first-order valence-corrected chi connectivity index (χ1v) is 12.3. The first-order chi connectivity index (χ1) is 14.0. The van der Waals surface area contributed by atoms with Gasteiger partial charge >= 0.3 is 0 Å². The van der Waals surface area contributed by atoms with Gasteiger partial charge in [-0.15, -0.1) is 0 Å². The summed E-state index contributed by atoms with van der Waals surface area (Å²) in [5.74, 6) is -0.116.